The van der Waals surface area contributed by atoms with Crippen molar-refractivity contribution in [1.82, 2.24) is 0 Å². The summed E-state index contributed by atoms with van der Waals surface area (Å²) in [5.41, 5.74) is -0.212. The summed E-state index contributed by atoms with van der Waals surface area (Å²) >= 11 is 0. The Labute approximate surface area is 231 Å². The maximum Gasteiger partial charge on any atom is 0.229 e. The first-order chi connectivity index (χ1) is 19.5. The summed E-state index contributed by atoms with van der Waals surface area (Å²) in [5, 5.41) is 79.9. The van der Waals surface area contributed by atoms with E-state index in [2.05, 4.69) is 0 Å². The minimum atomic E-state index is -1.69. The first-order valence-electron chi connectivity index (χ1n) is 12.7. The van der Waals surface area contributed by atoms with Crippen molar-refractivity contribution < 1.29 is 64.2 Å². The summed E-state index contributed by atoms with van der Waals surface area (Å²) in [6.07, 6.45) is -13.9. The van der Waals surface area contributed by atoms with E-state index in [4.69, 9.17) is 23.4 Å². The second-order valence-corrected chi connectivity index (χ2v) is 9.93. The number of aromatic hydroxyl groups is 1. The van der Waals surface area contributed by atoms with Crippen molar-refractivity contribution in [3.8, 4) is 28.6 Å². The predicted octanol–water partition coefficient (Wildman–Crippen LogP) is -1.45. The molecule has 0 saturated carbocycles. The Balaban J connectivity index is 1.38. The third-order valence-corrected chi connectivity index (χ3v) is 7.08. The highest BCUT2D eigenvalue weighted by atomic mass is 16.7. The van der Waals surface area contributed by atoms with Gasteiger partial charge in [0.25, 0.3) is 0 Å². The van der Waals surface area contributed by atoms with Gasteiger partial charge in [0.1, 0.15) is 76.7 Å². The lowest BCUT2D eigenvalue weighted by Crippen LogP contribution is -2.60. The Morgan fingerprint density at radius 3 is 2.02 bits per heavy atom. The molecule has 2 fully saturated rings. The van der Waals surface area contributed by atoms with E-state index >= 15 is 0 Å². The van der Waals surface area contributed by atoms with Gasteiger partial charge in [-0.05, 0) is 31.2 Å². The largest absolute Gasteiger partial charge is 0.507 e. The van der Waals surface area contributed by atoms with E-state index in [-0.39, 0.29) is 28.2 Å². The standard InChI is InChI=1S/C27H30O14/c1-10-20(31)22(33)24(35)26(37-10)38-12-4-2-11(3-5-12)16-8-15(30)19-14(29)6-13(7-17(19)40-16)39-27-25(36)23(34)21(32)18(9-28)41-27/h2-8,10,18,20-29,31-36H,9H2,1H3/t10-,18+,20-,21+,22+,23-,24-,25+,26+,27+/m1/s1. The van der Waals surface area contributed by atoms with Crippen molar-refractivity contribution in [3.63, 3.8) is 0 Å². The van der Waals surface area contributed by atoms with Crippen LogP contribution in [0.2, 0.25) is 0 Å². The molecule has 0 bridgehead atoms. The molecule has 0 unspecified atom stereocenters. The van der Waals surface area contributed by atoms with Gasteiger partial charge in [-0.25, -0.2) is 0 Å². The number of fused-ring (bicyclic) bond motifs is 1. The van der Waals surface area contributed by atoms with Crippen molar-refractivity contribution in [3.05, 3.63) is 52.7 Å². The number of benzene rings is 2. The summed E-state index contributed by atoms with van der Waals surface area (Å²) < 4.78 is 27.8. The average Bonchev–Trinajstić information content (AvgIpc) is 2.95. The van der Waals surface area contributed by atoms with Gasteiger partial charge in [0.2, 0.25) is 12.6 Å². The van der Waals surface area contributed by atoms with Crippen LogP contribution < -0.4 is 14.9 Å². The van der Waals surface area contributed by atoms with Gasteiger partial charge < -0.3 is 64.2 Å². The second kappa shape index (κ2) is 11.5. The van der Waals surface area contributed by atoms with Crippen LogP contribution in [0.25, 0.3) is 22.3 Å². The minimum absolute atomic E-state index is 0.0762. The number of aliphatic hydroxyl groups is 7. The van der Waals surface area contributed by atoms with Crippen molar-refractivity contribution >= 4 is 11.0 Å². The van der Waals surface area contributed by atoms with Crippen molar-refractivity contribution in [2.24, 2.45) is 0 Å². The zero-order valence-electron chi connectivity index (χ0n) is 21.5. The Kier molecular flexibility index (Phi) is 8.20. The number of hydrogen-bond acceptors (Lipinski definition) is 14. The maximum absolute atomic E-state index is 12.8. The molecule has 222 valence electrons. The van der Waals surface area contributed by atoms with Gasteiger partial charge in [-0.15, -0.1) is 0 Å². The summed E-state index contributed by atoms with van der Waals surface area (Å²) in [6.45, 7) is 0.868. The third kappa shape index (κ3) is 5.61. The Morgan fingerprint density at radius 1 is 0.756 bits per heavy atom. The fraction of sp³-hybridized carbons (Fsp3) is 0.444. The van der Waals surface area contributed by atoms with Gasteiger partial charge in [-0.3, -0.25) is 4.79 Å². The predicted molar refractivity (Wildman–Crippen MR) is 137 cm³/mol. The number of aliphatic hydroxyl groups excluding tert-OH is 7. The molecule has 3 aromatic rings. The lowest BCUT2D eigenvalue weighted by atomic mass is 9.99. The Hall–Kier alpha value is -3.31. The average molecular weight is 579 g/mol. The van der Waals surface area contributed by atoms with E-state index in [0.29, 0.717) is 5.56 Å². The zero-order chi connectivity index (χ0) is 29.6. The molecular formula is C27H30O14. The van der Waals surface area contributed by atoms with E-state index in [1.165, 1.54) is 31.2 Å². The number of rotatable bonds is 6. The summed E-state index contributed by atoms with van der Waals surface area (Å²) in [7, 11) is 0. The SMILES string of the molecule is C[C@H]1O[C@@H](Oc2ccc(-c3cc(=O)c4c(O)cc(O[C@H]5O[C@@H](CO)[C@H](O)[C@@H](O)[C@@H]5O)cc4o3)cc2)[C@H](O)[C@@H](O)[C@@H]1O. The Morgan fingerprint density at radius 2 is 1.37 bits per heavy atom. The first kappa shape index (κ1) is 29.2. The van der Waals surface area contributed by atoms with E-state index in [1.807, 2.05) is 0 Å². The minimum Gasteiger partial charge on any atom is -0.507 e. The molecule has 41 heavy (non-hydrogen) atoms. The molecule has 10 atom stereocenters. The number of ether oxygens (including phenoxy) is 4. The van der Waals surface area contributed by atoms with Crippen LogP contribution in [-0.2, 0) is 9.47 Å². The van der Waals surface area contributed by atoms with Crippen LogP contribution in [0.15, 0.2) is 51.7 Å². The zero-order valence-corrected chi connectivity index (χ0v) is 21.5. The normalized spacial score (nSPS) is 34.0. The van der Waals surface area contributed by atoms with E-state index in [9.17, 15) is 45.6 Å². The van der Waals surface area contributed by atoms with Crippen LogP contribution in [0, 0.1) is 0 Å². The van der Waals surface area contributed by atoms with Gasteiger partial charge in [0, 0.05) is 23.8 Å². The van der Waals surface area contributed by atoms with E-state index in [1.54, 1.807) is 12.1 Å². The van der Waals surface area contributed by atoms with Crippen LogP contribution in [0.1, 0.15) is 6.92 Å². The van der Waals surface area contributed by atoms with Gasteiger partial charge in [-0.2, -0.15) is 0 Å². The summed E-state index contributed by atoms with van der Waals surface area (Å²) in [6, 6.07) is 9.65. The molecule has 0 radical (unpaired) electrons. The molecule has 2 aliphatic rings. The lowest BCUT2D eigenvalue weighted by Gasteiger charge is -2.39. The molecular weight excluding hydrogens is 548 g/mol. The highest BCUT2D eigenvalue weighted by Gasteiger charge is 2.45. The molecule has 1 aromatic heterocycles. The van der Waals surface area contributed by atoms with Crippen molar-refractivity contribution in [2.45, 2.75) is 68.3 Å². The molecule has 0 amide bonds. The topological polar surface area (TPSA) is 229 Å². The maximum atomic E-state index is 12.8. The molecule has 3 heterocycles. The highest BCUT2D eigenvalue weighted by molar-refractivity contribution is 5.86. The first-order valence-corrected chi connectivity index (χ1v) is 12.7. The van der Waals surface area contributed by atoms with Crippen LogP contribution in [0.4, 0.5) is 0 Å². The van der Waals surface area contributed by atoms with Crippen LogP contribution >= 0.6 is 0 Å². The molecule has 5 rings (SSSR count). The third-order valence-electron chi connectivity index (χ3n) is 7.08. The van der Waals surface area contributed by atoms with Crippen LogP contribution in [-0.4, -0.2) is 109 Å². The highest BCUT2D eigenvalue weighted by Crippen LogP contribution is 2.34. The quantitative estimate of drug-likeness (QED) is 0.167. The van der Waals surface area contributed by atoms with E-state index < -0.39 is 79.2 Å². The summed E-state index contributed by atoms with van der Waals surface area (Å²) in [5.74, 6) is -0.223. The van der Waals surface area contributed by atoms with Gasteiger partial charge >= 0.3 is 0 Å². The molecule has 0 spiro atoms. The second-order valence-electron chi connectivity index (χ2n) is 9.93. The molecule has 2 saturated heterocycles. The number of phenols is 1. The molecule has 8 N–H and O–H groups in total. The van der Waals surface area contributed by atoms with Gasteiger partial charge in [0.15, 0.2) is 5.43 Å². The van der Waals surface area contributed by atoms with Crippen LogP contribution in [0.3, 0.4) is 0 Å². The summed E-state index contributed by atoms with van der Waals surface area (Å²) in [4.78, 5) is 12.8. The van der Waals surface area contributed by atoms with Crippen LogP contribution in [0.5, 0.6) is 17.2 Å². The van der Waals surface area contributed by atoms with Gasteiger partial charge in [-0.1, -0.05) is 0 Å². The van der Waals surface area contributed by atoms with Gasteiger partial charge in [0.05, 0.1) is 12.7 Å². The fourth-order valence-electron chi connectivity index (χ4n) is 4.70. The number of hydrogen-bond donors (Lipinski definition) is 8. The fourth-order valence-corrected chi connectivity index (χ4v) is 4.70. The van der Waals surface area contributed by atoms with Crippen molar-refractivity contribution in [2.75, 3.05) is 6.61 Å². The molecule has 0 aliphatic carbocycles. The monoisotopic (exact) mass is 578 g/mol. The molecule has 14 nitrogen and oxygen atoms in total. The smallest absolute Gasteiger partial charge is 0.229 e. The molecule has 2 aliphatic heterocycles. The van der Waals surface area contributed by atoms with E-state index in [0.717, 1.165) is 6.07 Å². The molecule has 2 aromatic carbocycles. The Bertz CT molecular complexity index is 1420. The van der Waals surface area contributed by atoms with Crippen molar-refractivity contribution in [1.29, 1.82) is 0 Å². The lowest BCUT2D eigenvalue weighted by molar-refractivity contribution is -0.277. The number of phenolic OH excluding ortho intramolecular Hbond substituents is 1. The molecule has 14 heteroatoms.